The van der Waals surface area contributed by atoms with Crippen molar-refractivity contribution < 1.29 is 14.3 Å². The Morgan fingerprint density at radius 3 is 2.74 bits per heavy atom. The van der Waals surface area contributed by atoms with Crippen molar-refractivity contribution in [3.8, 4) is 5.75 Å². The lowest BCUT2D eigenvalue weighted by atomic mass is 10.3. The molecule has 0 fully saturated rings. The molecule has 0 bridgehead atoms. The number of rotatable bonds is 5. The minimum Gasteiger partial charge on any atom is -0.477 e. The topological polar surface area (TPSA) is 69.9 Å². The molecule has 0 aliphatic rings. The van der Waals surface area contributed by atoms with Crippen LogP contribution in [-0.2, 0) is 16.1 Å². The smallest absolute Gasteiger partial charge is 0.347 e. The van der Waals surface area contributed by atoms with Crippen molar-refractivity contribution in [1.82, 2.24) is 9.38 Å². The van der Waals surface area contributed by atoms with Gasteiger partial charge in [0.25, 0.3) is 5.56 Å². The Morgan fingerprint density at radius 2 is 2.00 bits per heavy atom. The van der Waals surface area contributed by atoms with Gasteiger partial charge in [-0.15, -0.1) is 0 Å². The van der Waals surface area contributed by atoms with Gasteiger partial charge in [-0.1, -0.05) is 29.3 Å². The number of nitrogens with zero attached hydrogens (tertiary/aromatic N) is 2. The van der Waals surface area contributed by atoms with Crippen LogP contribution in [-0.4, -0.2) is 21.5 Å². The van der Waals surface area contributed by atoms with E-state index in [1.807, 2.05) is 13.0 Å². The molecule has 1 atom stereocenters. The molecule has 0 saturated carbocycles. The second kappa shape index (κ2) is 7.98. The number of fused-ring (bicyclic) bond motifs is 1. The van der Waals surface area contributed by atoms with Crippen LogP contribution in [0.2, 0.25) is 10.0 Å². The van der Waals surface area contributed by atoms with Crippen LogP contribution in [0.25, 0.3) is 5.65 Å². The predicted octanol–water partition coefficient (Wildman–Crippen LogP) is 3.82. The van der Waals surface area contributed by atoms with Gasteiger partial charge in [0.2, 0.25) is 0 Å². The molecule has 0 amide bonds. The van der Waals surface area contributed by atoms with Crippen LogP contribution in [0.3, 0.4) is 0 Å². The van der Waals surface area contributed by atoms with Crippen molar-refractivity contribution in [2.24, 2.45) is 0 Å². The standard InChI is InChI=1S/C19H16Cl2N2O4/c1-11-4-3-5-17-22-14(9-18(24)23(11)17)10-26-19(25)12(2)27-16-7-6-13(20)8-15(16)21/h3-9,12H,10H2,1-2H3. The summed E-state index contributed by atoms with van der Waals surface area (Å²) in [6.45, 7) is 3.22. The molecule has 0 radical (unpaired) electrons. The zero-order chi connectivity index (χ0) is 19.6. The third-order valence-corrected chi connectivity index (χ3v) is 4.36. The summed E-state index contributed by atoms with van der Waals surface area (Å²) in [6.07, 6.45) is -0.896. The van der Waals surface area contributed by atoms with E-state index in [-0.39, 0.29) is 12.2 Å². The van der Waals surface area contributed by atoms with Crippen molar-refractivity contribution in [3.05, 3.63) is 74.3 Å². The van der Waals surface area contributed by atoms with E-state index in [0.717, 1.165) is 5.69 Å². The number of hydrogen-bond donors (Lipinski definition) is 0. The number of pyridine rings is 1. The van der Waals surface area contributed by atoms with Crippen molar-refractivity contribution in [2.45, 2.75) is 26.6 Å². The van der Waals surface area contributed by atoms with Crippen LogP contribution in [0.5, 0.6) is 5.75 Å². The van der Waals surface area contributed by atoms with E-state index < -0.39 is 12.1 Å². The summed E-state index contributed by atoms with van der Waals surface area (Å²) in [5, 5.41) is 0.758. The molecular formula is C19H16Cl2N2O4. The fourth-order valence-corrected chi connectivity index (χ4v) is 2.96. The number of aryl methyl sites for hydroxylation is 1. The highest BCUT2D eigenvalue weighted by atomic mass is 35.5. The minimum atomic E-state index is -0.896. The van der Waals surface area contributed by atoms with Gasteiger partial charge in [0, 0.05) is 16.8 Å². The molecule has 1 unspecified atom stereocenters. The number of benzene rings is 1. The van der Waals surface area contributed by atoms with Gasteiger partial charge in [-0.25, -0.2) is 9.78 Å². The Bertz CT molecular complexity index is 1070. The summed E-state index contributed by atoms with van der Waals surface area (Å²) in [5.74, 6) is -0.282. The molecule has 6 nitrogen and oxygen atoms in total. The number of aromatic nitrogens is 2. The fraction of sp³-hybridized carbons (Fsp3) is 0.211. The van der Waals surface area contributed by atoms with Gasteiger partial charge in [0.05, 0.1) is 10.7 Å². The van der Waals surface area contributed by atoms with Crippen LogP contribution >= 0.6 is 23.2 Å². The van der Waals surface area contributed by atoms with Crippen molar-refractivity contribution in [1.29, 1.82) is 0 Å². The summed E-state index contributed by atoms with van der Waals surface area (Å²) in [4.78, 5) is 28.8. The Hall–Kier alpha value is -2.57. The van der Waals surface area contributed by atoms with Gasteiger partial charge < -0.3 is 9.47 Å². The van der Waals surface area contributed by atoms with E-state index in [4.69, 9.17) is 32.7 Å². The molecule has 0 aliphatic carbocycles. The second-order valence-electron chi connectivity index (χ2n) is 5.89. The second-order valence-corrected chi connectivity index (χ2v) is 6.73. The summed E-state index contributed by atoms with van der Waals surface area (Å²) in [6, 6.07) is 11.4. The van der Waals surface area contributed by atoms with Gasteiger partial charge in [0.15, 0.2) is 6.10 Å². The summed E-state index contributed by atoms with van der Waals surface area (Å²) < 4.78 is 12.2. The lowest BCUT2D eigenvalue weighted by molar-refractivity contribution is -0.152. The first-order valence-corrected chi connectivity index (χ1v) is 8.87. The summed E-state index contributed by atoms with van der Waals surface area (Å²) in [5.41, 5.74) is 1.39. The third kappa shape index (κ3) is 4.40. The molecule has 2 aromatic heterocycles. The normalized spacial score (nSPS) is 12.0. The molecule has 8 heteroatoms. The summed E-state index contributed by atoms with van der Waals surface area (Å²) in [7, 11) is 0. The van der Waals surface area contributed by atoms with E-state index in [1.165, 1.54) is 16.5 Å². The SMILES string of the molecule is Cc1cccc2nc(COC(=O)C(C)Oc3ccc(Cl)cc3Cl)cc(=O)n12. The molecule has 140 valence electrons. The van der Waals surface area contributed by atoms with Crippen molar-refractivity contribution in [3.63, 3.8) is 0 Å². The molecule has 3 rings (SSSR count). The molecule has 0 spiro atoms. The highest BCUT2D eigenvalue weighted by molar-refractivity contribution is 6.35. The van der Waals surface area contributed by atoms with E-state index in [9.17, 15) is 9.59 Å². The lowest BCUT2D eigenvalue weighted by Gasteiger charge is -2.15. The number of hydrogen-bond acceptors (Lipinski definition) is 5. The maximum absolute atomic E-state index is 12.2. The first-order chi connectivity index (χ1) is 12.8. The maximum Gasteiger partial charge on any atom is 0.347 e. The molecular weight excluding hydrogens is 391 g/mol. The summed E-state index contributed by atoms with van der Waals surface area (Å²) >= 11 is 11.9. The molecule has 0 saturated heterocycles. The van der Waals surface area contributed by atoms with Gasteiger partial charge in [-0.3, -0.25) is 9.20 Å². The zero-order valence-electron chi connectivity index (χ0n) is 14.6. The third-order valence-electron chi connectivity index (χ3n) is 3.83. The largest absolute Gasteiger partial charge is 0.477 e. The first kappa shape index (κ1) is 19.2. The number of halogens is 2. The minimum absolute atomic E-state index is 0.138. The Morgan fingerprint density at radius 1 is 1.22 bits per heavy atom. The van der Waals surface area contributed by atoms with E-state index in [0.29, 0.717) is 27.1 Å². The fourth-order valence-electron chi connectivity index (χ4n) is 2.51. The average molecular weight is 407 g/mol. The molecule has 0 N–H and O–H groups in total. The number of carbonyl (C=O) groups excluding carboxylic acids is 1. The van der Waals surface area contributed by atoms with Crippen molar-refractivity contribution >= 4 is 34.8 Å². The molecule has 27 heavy (non-hydrogen) atoms. The number of ether oxygens (including phenoxy) is 2. The van der Waals surface area contributed by atoms with Crippen LogP contribution < -0.4 is 10.3 Å². The molecule has 0 aliphatic heterocycles. The Labute approximate surface area is 165 Å². The Kier molecular flexibility index (Phi) is 5.68. The zero-order valence-corrected chi connectivity index (χ0v) is 16.1. The van der Waals surface area contributed by atoms with E-state index in [2.05, 4.69) is 4.98 Å². The highest BCUT2D eigenvalue weighted by Crippen LogP contribution is 2.28. The maximum atomic E-state index is 12.2. The quantitative estimate of drug-likeness (QED) is 0.602. The molecule has 3 aromatic rings. The van der Waals surface area contributed by atoms with Gasteiger partial charge in [-0.2, -0.15) is 0 Å². The first-order valence-electron chi connectivity index (χ1n) is 8.12. The van der Waals surface area contributed by atoms with E-state index >= 15 is 0 Å². The number of carbonyl (C=O) groups is 1. The van der Waals surface area contributed by atoms with Crippen LogP contribution in [0.15, 0.2) is 47.3 Å². The van der Waals surface area contributed by atoms with Crippen LogP contribution in [0.1, 0.15) is 18.3 Å². The van der Waals surface area contributed by atoms with Crippen LogP contribution in [0.4, 0.5) is 0 Å². The predicted molar refractivity (Wildman–Crippen MR) is 103 cm³/mol. The Balaban J connectivity index is 1.68. The van der Waals surface area contributed by atoms with Gasteiger partial charge >= 0.3 is 5.97 Å². The molecule has 2 heterocycles. The average Bonchev–Trinajstić information content (AvgIpc) is 2.61. The van der Waals surface area contributed by atoms with Gasteiger partial charge in [-0.05, 0) is 44.2 Å². The number of esters is 1. The van der Waals surface area contributed by atoms with Crippen molar-refractivity contribution in [2.75, 3.05) is 0 Å². The monoisotopic (exact) mass is 406 g/mol. The van der Waals surface area contributed by atoms with E-state index in [1.54, 1.807) is 31.2 Å². The van der Waals surface area contributed by atoms with Gasteiger partial charge in [0.1, 0.15) is 18.0 Å². The van der Waals surface area contributed by atoms with Crippen LogP contribution in [0, 0.1) is 6.92 Å². The highest BCUT2D eigenvalue weighted by Gasteiger charge is 2.18. The lowest BCUT2D eigenvalue weighted by Crippen LogP contribution is -2.26. The molecule has 1 aromatic carbocycles.